The van der Waals surface area contributed by atoms with E-state index in [1.165, 1.54) is 7.11 Å². The Morgan fingerprint density at radius 1 is 1.07 bits per heavy atom. The van der Waals surface area contributed by atoms with E-state index in [4.69, 9.17) is 9.15 Å². The van der Waals surface area contributed by atoms with Gasteiger partial charge in [-0.25, -0.2) is 4.79 Å². The first-order chi connectivity index (χ1) is 14.5. The summed E-state index contributed by atoms with van der Waals surface area (Å²) in [4.78, 5) is 27.6. The maximum atomic E-state index is 11.6. The van der Waals surface area contributed by atoms with Gasteiger partial charge in [-0.05, 0) is 49.4 Å². The zero-order chi connectivity index (χ0) is 21.1. The van der Waals surface area contributed by atoms with Crippen LogP contribution in [0.1, 0.15) is 39.2 Å². The fraction of sp³-hybridized carbons (Fsp3) is 0.125. The predicted octanol–water partition coefficient (Wildman–Crippen LogP) is 5.02. The quantitative estimate of drug-likeness (QED) is 0.259. The smallest absolute Gasteiger partial charge is 0.373 e. The lowest BCUT2D eigenvalue weighted by Crippen LogP contribution is -1.99. The van der Waals surface area contributed by atoms with Crippen molar-refractivity contribution in [2.24, 2.45) is 4.99 Å². The second-order valence-corrected chi connectivity index (χ2v) is 6.85. The fourth-order valence-corrected chi connectivity index (χ4v) is 3.28. The highest BCUT2D eigenvalue weighted by atomic mass is 16.5. The monoisotopic (exact) mass is 400 g/mol. The van der Waals surface area contributed by atoms with Crippen LogP contribution in [0, 0.1) is 0 Å². The average molecular weight is 400 g/mol. The van der Waals surface area contributed by atoms with Gasteiger partial charge in [0.2, 0.25) is 5.76 Å². The van der Waals surface area contributed by atoms with Crippen LogP contribution in [0.2, 0.25) is 0 Å². The summed E-state index contributed by atoms with van der Waals surface area (Å²) in [5.74, 6) is 0.364. The summed E-state index contributed by atoms with van der Waals surface area (Å²) in [6, 6.07) is 18.6. The van der Waals surface area contributed by atoms with Crippen LogP contribution >= 0.6 is 0 Å². The molecule has 0 aliphatic carbocycles. The molecule has 2 aromatic carbocycles. The van der Waals surface area contributed by atoms with Gasteiger partial charge in [0.15, 0.2) is 5.78 Å². The van der Waals surface area contributed by atoms with E-state index in [1.807, 2.05) is 48.8 Å². The van der Waals surface area contributed by atoms with E-state index in [1.54, 1.807) is 31.2 Å². The molecule has 6 nitrogen and oxygen atoms in total. The molecule has 0 fully saturated rings. The van der Waals surface area contributed by atoms with Crippen molar-refractivity contribution in [1.29, 1.82) is 0 Å². The Morgan fingerprint density at radius 3 is 2.57 bits per heavy atom. The third kappa shape index (κ3) is 3.93. The molecule has 0 spiro atoms. The van der Waals surface area contributed by atoms with E-state index in [0.717, 1.165) is 22.2 Å². The van der Waals surface area contributed by atoms with Gasteiger partial charge in [0.25, 0.3) is 0 Å². The minimum Gasteiger partial charge on any atom is -0.463 e. The van der Waals surface area contributed by atoms with Gasteiger partial charge in [-0.2, -0.15) is 0 Å². The van der Waals surface area contributed by atoms with Gasteiger partial charge >= 0.3 is 5.97 Å². The summed E-state index contributed by atoms with van der Waals surface area (Å²) < 4.78 is 12.3. The molecule has 0 radical (unpaired) electrons. The lowest BCUT2D eigenvalue weighted by Gasteiger charge is -2.02. The second-order valence-electron chi connectivity index (χ2n) is 6.85. The largest absolute Gasteiger partial charge is 0.463 e. The van der Waals surface area contributed by atoms with Crippen molar-refractivity contribution >= 4 is 34.6 Å². The molecule has 30 heavy (non-hydrogen) atoms. The van der Waals surface area contributed by atoms with Crippen LogP contribution in [0.5, 0.6) is 0 Å². The van der Waals surface area contributed by atoms with Crippen LogP contribution in [0.15, 0.2) is 76.3 Å². The van der Waals surface area contributed by atoms with Gasteiger partial charge in [-0.3, -0.25) is 9.79 Å². The molecule has 0 aliphatic rings. The molecule has 6 heteroatoms. The number of hydrogen-bond donors (Lipinski definition) is 0. The molecule has 0 amide bonds. The zero-order valence-electron chi connectivity index (χ0n) is 16.7. The average Bonchev–Trinajstić information content (AvgIpc) is 3.37. The van der Waals surface area contributed by atoms with Crippen LogP contribution in [0.3, 0.4) is 0 Å². The predicted molar refractivity (Wildman–Crippen MR) is 115 cm³/mol. The Bertz CT molecular complexity index is 1250. The molecule has 150 valence electrons. The summed E-state index contributed by atoms with van der Waals surface area (Å²) in [6.45, 7) is 2.01. The van der Waals surface area contributed by atoms with E-state index < -0.39 is 5.97 Å². The number of aromatic nitrogens is 1. The number of methoxy groups -OCH3 is 1. The molecule has 0 N–H and O–H groups in total. The maximum absolute atomic E-state index is 11.6. The first-order valence-corrected chi connectivity index (χ1v) is 9.45. The fourth-order valence-electron chi connectivity index (χ4n) is 3.28. The van der Waals surface area contributed by atoms with Gasteiger partial charge in [0.1, 0.15) is 5.76 Å². The number of rotatable bonds is 6. The standard InChI is InChI=1S/C24H20N2O4/c1-16(27)17-7-9-19(10-8-17)25-13-18-14-26(22-6-4-3-5-21(18)22)15-20-11-12-23(30-20)24(28)29-2/h3-14H,15H2,1-2H3. The number of Topliss-reactive ketones (excluding diaryl/α,β-unsaturated/α-hetero) is 1. The minimum atomic E-state index is -0.498. The first kappa shape index (κ1) is 19.4. The Balaban J connectivity index is 1.62. The number of fused-ring (bicyclic) bond motifs is 1. The lowest BCUT2D eigenvalue weighted by atomic mass is 10.1. The van der Waals surface area contributed by atoms with Crippen molar-refractivity contribution in [2.75, 3.05) is 7.11 Å². The number of furan rings is 1. The van der Waals surface area contributed by atoms with Gasteiger partial charge < -0.3 is 13.7 Å². The molecule has 4 rings (SSSR count). The molecule has 0 saturated carbocycles. The lowest BCUT2D eigenvalue weighted by molar-refractivity contribution is 0.0563. The number of ketones is 1. The minimum absolute atomic E-state index is 0.0295. The molecule has 0 bridgehead atoms. The number of esters is 1. The van der Waals surface area contributed by atoms with Crippen molar-refractivity contribution in [3.05, 3.63) is 89.5 Å². The Hall–Kier alpha value is -3.93. The highest BCUT2D eigenvalue weighted by molar-refractivity contribution is 6.00. The number of aliphatic imine (C=N–C) groups is 1. The second kappa shape index (κ2) is 8.21. The van der Waals surface area contributed by atoms with Crippen LogP contribution in [0.25, 0.3) is 10.9 Å². The highest BCUT2D eigenvalue weighted by Crippen LogP contribution is 2.23. The van der Waals surface area contributed by atoms with Crippen molar-refractivity contribution in [3.63, 3.8) is 0 Å². The molecule has 4 aromatic rings. The van der Waals surface area contributed by atoms with Crippen molar-refractivity contribution in [1.82, 2.24) is 4.57 Å². The van der Waals surface area contributed by atoms with Crippen LogP contribution < -0.4 is 0 Å². The third-order valence-corrected chi connectivity index (χ3v) is 4.82. The first-order valence-electron chi connectivity index (χ1n) is 9.45. The molecule has 0 saturated heterocycles. The molecule has 0 aliphatic heterocycles. The van der Waals surface area contributed by atoms with E-state index in [-0.39, 0.29) is 11.5 Å². The van der Waals surface area contributed by atoms with Crippen molar-refractivity contribution in [3.8, 4) is 0 Å². The summed E-state index contributed by atoms with van der Waals surface area (Å²) in [6.07, 6.45) is 3.81. The van der Waals surface area contributed by atoms with Crippen LogP contribution in [-0.2, 0) is 11.3 Å². The van der Waals surface area contributed by atoms with Gasteiger partial charge in [0, 0.05) is 34.4 Å². The Labute approximate surface area is 173 Å². The topological polar surface area (TPSA) is 73.8 Å². The normalized spacial score (nSPS) is 11.3. The number of para-hydroxylation sites is 1. The summed E-state index contributed by atoms with van der Waals surface area (Å²) >= 11 is 0. The molecule has 0 atom stereocenters. The summed E-state index contributed by atoms with van der Waals surface area (Å²) in [5.41, 5.74) is 3.42. The molecule has 0 unspecified atom stereocenters. The summed E-state index contributed by atoms with van der Waals surface area (Å²) in [7, 11) is 1.32. The number of benzene rings is 2. The van der Waals surface area contributed by atoms with Crippen LogP contribution in [-0.4, -0.2) is 29.6 Å². The zero-order valence-corrected chi connectivity index (χ0v) is 16.7. The molecule has 2 heterocycles. The van der Waals surface area contributed by atoms with E-state index >= 15 is 0 Å². The van der Waals surface area contributed by atoms with Crippen molar-refractivity contribution < 1.29 is 18.7 Å². The highest BCUT2D eigenvalue weighted by Gasteiger charge is 2.13. The molecule has 2 aromatic heterocycles. The van der Waals surface area contributed by atoms with E-state index in [0.29, 0.717) is 17.9 Å². The Morgan fingerprint density at radius 2 is 1.83 bits per heavy atom. The maximum Gasteiger partial charge on any atom is 0.373 e. The number of hydrogen-bond acceptors (Lipinski definition) is 5. The molecular weight excluding hydrogens is 380 g/mol. The molecular formula is C24H20N2O4. The van der Waals surface area contributed by atoms with E-state index in [9.17, 15) is 9.59 Å². The number of carbonyl (C=O) groups is 2. The SMILES string of the molecule is COC(=O)c1ccc(Cn2cc(C=Nc3ccc(C(C)=O)cc3)c3ccccc32)o1. The van der Waals surface area contributed by atoms with Gasteiger partial charge in [-0.15, -0.1) is 0 Å². The van der Waals surface area contributed by atoms with Gasteiger partial charge in [0.05, 0.1) is 19.3 Å². The van der Waals surface area contributed by atoms with Gasteiger partial charge in [-0.1, -0.05) is 18.2 Å². The number of ether oxygens (including phenoxy) is 1. The number of carbonyl (C=O) groups excluding carboxylic acids is 2. The van der Waals surface area contributed by atoms with Crippen molar-refractivity contribution in [2.45, 2.75) is 13.5 Å². The van der Waals surface area contributed by atoms with E-state index in [2.05, 4.69) is 9.56 Å². The summed E-state index contributed by atoms with van der Waals surface area (Å²) in [5, 5.41) is 1.06. The third-order valence-electron chi connectivity index (χ3n) is 4.82. The van der Waals surface area contributed by atoms with Crippen LogP contribution in [0.4, 0.5) is 5.69 Å². The Kier molecular flexibility index (Phi) is 5.30. The number of nitrogens with zero attached hydrogens (tertiary/aromatic N) is 2.